The van der Waals surface area contributed by atoms with E-state index in [1.807, 2.05) is 0 Å². The van der Waals surface area contributed by atoms with Crippen LogP contribution in [0.5, 0.6) is 0 Å². The third kappa shape index (κ3) is 5.88. The van der Waals surface area contributed by atoms with Gasteiger partial charge in [0.15, 0.2) is 0 Å². The molecule has 106 valence electrons. The van der Waals surface area contributed by atoms with Crippen molar-refractivity contribution in [2.75, 3.05) is 7.11 Å². The lowest BCUT2D eigenvalue weighted by molar-refractivity contribution is -0.140. The molecule has 1 rings (SSSR count). The predicted molar refractivity (Wildman–Crippen MR) is 77.8 cm³/mol. The van der Waals surface area contributed by atoms with Crippen molar-refractivity contribution in [2.45, 2.75) is 51.5 Å². The Kier molecular flexibility index (Phi) is 7.19. The number of carbonyl (C=O) groups is 1. The summed E-state index contributed by atoms with van der Waals surface area (Å²) in [6, 6.07) is 8.62. The number of carbonyl (C=O) groups excluding carboxylic acids is 1. The van der Waals surface area contributed by atoms with Crippen molar-refractivity contribution in [3.8, 4) is 0 Å². The number of hydrogen-bond donors (Lipinski definition) is 1. The van der Waals surface area contributed by atoms with Crippen LogP contribution in [0.3, 0.4) is 0 Å². The predicted octanol–water partition coefficient (Wildman–Crippen LogP) is 3.37. The van der Waals surface area contributed by atoms with Crippen molar-refractivity contribution < 1.29 is 9.53 Å². The number of benzene rings is 1. The molecule has 0 spiro atoms. The van der Waals surface area contributed by atoms with Crippen LogP contribution < -0.4 is 5.73 Å². The lowest BCUT2D eigenvalue weighted by atomic mass is 9.99. The van der Waals surface area contributed by atoms with E-state index in [9.17, 15) is 4.79 Å². The molecule has 0 aliphatic rings. The van der Waals surface area contributed by atoms with E-state index in [1.165, 1.54) is 24.7 Å². The fourth-order valence-corrected chi connectivity index (χ4v) is 2.12. The summed E-state index contributed by atoms with van der Waals surface area (Å²) in [7, 11) is 1.42. The van der Waals surface area contributed by atoms with Crippen LogP contribution in [0.4, 0.5) is 0 Å². The van der Waals surface area contributed by atoms with Crippen LogP contribution in [0, 0.1) is 0 Å². The fourth-order valence-electron chi connectivity index (χ4n) is 2.12. The lowest BCUT2D eigenvalue weighted by Crippen LogP contribution is -2.10. The summed E-state index contributed by atoms with van der Waals surface area (Å²) in [5.41, 5.74) is 8.70. The van der Waals surface area contributed by atoms with Gasteiger partial charge in [0.05, 0.1) is 7.11 Å². The largest absolute Gasteiger partial charge is 0.469 e. The quantitative estimate of drug-likeness (QED) is 0.578. The molecular formula is C16H25NO2. The number of rotatable bonds is 8. The standard InChI is InChI=1S/C16H25NO2/c1-3-6-13-9-11-14(12-10-13)15(17)7-4-5-8-16(18)19-2/h9-12,15H,3-8,17H2,1-2H3. The first-order valence-electron chi connectivity index (χ1n) is 7.08. The Balaban J connectivity index is 2.32. The van der Waals surface area contributed by atoms with Gasteiger partial charge in [-0.25, -0.2) is 0 Å². The smallest absolute Gasteiger partial charge is 0.305 e. The highest BCUT2D eigenvalue weighted by Crippen LogP contribution is 2.18. The van der Waals surface area contributed by atoms with E-state index in [0.29, 0.717) is 6.42 Å². The first-order chi connectivity index (χ1) is 9.17. The average Bonchev–Trinajstić information content (AvgIpc) is 2.44. The SMILES string of the molecule is CCCc1ccc(C(N)CCCCC(=O)OC)cc1. The van der Waals surface area contributed by atoms with Gasteiger partial charge in [0.1, 0.15) is 0 Å². The normalized spacial score (nSPS) is 12.2. The summed E-state index contributed by atoms with van der Waals surface area (Å²) in [6.07, 6.45) is 5.47. The van der Waals surface area contributed by atoms with Gasteiger partial charge in [-0.05, 0) is 30.4 Å². The van der Waals surface area contributed by atoms with Crippen LogP contribution in [0.1, 0.15) is 56.2 Å². The zero-order chi connectivity index (χ0) is 14.1. The molecule has 1 unspecified atom stereocenters. The van der Waals surface area contributed by atoms with Crippen LogP contribution in [0.2, 0.25) is 0 Å². The molecule has 0 aliphatic heterocycles. The Bertz CT molecular complexity index is 373. The number of unbranched alkanes of at least 4 members (excludes halogenated alkanes) is 1. The highest BCUT2D eigenvalue weighted by atomic mass is 16.5. The summed E-state index contributed by atoms with van der Waals surface area (Å²) in [4.78, 5) is 11.0. The summed E-state index contributed by atoms with van der Waals surface area (Å²) in [5.74, 6) is -0.141. The summed E-state index contributed by atoms with van der Waals surface area (Å²) >= 11 is 0. The van der Waals surface area contributed by atoms with Crippen molar-refractivity contribution in [1.29, 1.82) is 0 Å². The van der Waals surface area contributed by atoms with Gasteiger partial charge in [0.25, 0.3) is 0 Å². The van der Waals surface area contributed by atoms with Gasteiger partial charge in [0.2, 0.25) is 0 Å². The van der Waals surface area contributed by atoms with E-state index >= 15 is 0 Å². The Morgan fingerprint density at radius 3 is 2.53 bits per heavy atom. The molecule has 0 heterocycles. The molecule has 0 saturated carbocycles. The number of esters is 1. The van der Waals surface area contributed by atoms with Crippen LogP contribution >= 0.6 is 0 Å². The molecule has 0 fully saturated rings. The number of nitrogens with two attached hydrogens (primary N) is 1. The second-order valence-electron chi connectivity index (χ2n) is 4.92. The van der Waals surface area contributed by atoms with Gasteiger partial charge in [0, 0.05) is 12.5 Å². The van der Waals surface area contributed by atoms with Crippen LogP contribution in [0.15, 0.2) is 24.3 Å². The highest BCUT2D eigenvalue weighted by Gasteiger charge is 2.07. The molecule has 0 amide bonds. The number of aryl methyl sites for hydroxylation is 1. The first kappa shape index (κ1) is 15.7. The van der Waals surface area contributed by atoms with E-state index in [4.69, 9.17) is 5.73 Å². The third-order valence-electron chi connectivity index (χ3n) is 3.32. The molecule has 2 N–H and O–H groups in total. The van der Waals surface area contributed by atoms with E-state index in [-0.39, 0.29) is 12.0 Å². The minimum absolute atomic E-state index is 0.0633. The van der Waals surface area contributed by atoms with E-state index in [1.54, 1.807) is 0 Å². The van der Waals surface area contributed by atoms with Crippen LogP contribution in [0.25, 0.3) is 0 Å². The molecular weight excluding hydrogens is 238 g/mol. The number of ether oxygens (including phenoxy) is 1. The van der Waals surface area contributed by atoms with Gasteiger partial charge in [-0.1, -0.05) is 44.0 Å². The van der Waals surface area contributed by atoms with Crippen molar-refractivity contribution >= 4 is 5.97 Å². The highest BCUT2D eigenvalue weighted by molar-refractivity contribution is 5.68. The summed E-state index contributed by atoms with van der Waals surface area (Å²) in [6.45, 7) is 2.18. The molecule has 1 aromatic carbocycles. The topological polar surface area (TPSA) is 52.3 Å². The fraction of sp³-hybridized carbons (Fsp3) is 0.562. The average molecular weight is 263 g/mol. The van der Waals surface area contributed by atoms with Crippen molar-refractivity contribution in [2.24, 2.45) is 5.73 Å². The Hall–Kier alpha value is -1.35. The molecule has 0 radical (unpaired) electrons. The van der Waals surface area contributed by atoms with Crippen molar-refractivity contribution in [3.63, 3.8) is 0 Å². The zero-order valence-corrected chi connectivity index (χ0v) is 12.0. The Labute approximate surface area is 116 Å². The Morgan fingerprint density at radius 2 is 1.95 bits per heavy atom. The van der Waals surface area contributed by atoms with E-state index in [2.05, 4.69) is 35.9 Å². The minimum Gasteiger partial charge on any atom is -0.469 e. The maximum atomic E-state index is 11.0. The zero-order valence-electron chi connectivity index (χ0n) is 12.0. The van der Waals surface area contributed by atoms with E-state index in [0.717, 1.165) is 25.7 Å². The van der Waals surface area contributed by atoms with Gasteiger partial charge in [-0.3, -0.25) is 4.79 Å². The minimum atomic E-state index is -0.141. The molecule has 0 saturated heterocycles. The molecule has 3 heteroatoms. The first-order valence-corrected chi connectivity index (χ1v) is 7.08. The van der Waals surface area contributed by atoms with Crippen molar-refractivity contribution in [1.82, 2.24) is 0 Å². The van der Waals surface area contributed by atoms with Crippen LogP contribution in [-0.4, -0.2) is 13.1 Å². The number of methoxy groups -OCH3 is 1. The monoisotopic (exact) mass is 263 g/mol. The van der Waals surface area contributed by atoms with Crippen LogP contribution in [-0.2, 0) is 16.0 Å². The molecule has 1 aromatic rings. The maximum absolute atomic E-state index is 11.0. The van der Waals surface area contributed by atoms with Gasteiger partial charge >= 0.3 is 5.97 Å². The van der Waals surface area contributed by atoms with Crippen molar-refractivity contribution in [3.05, 3.63) is 35.4 Å². The van der Waals surface area contributed by atoms with Gasteiger partial charge < -0.3 is 10.5 Å². The molecule has 3 nitrogen and oxygen atoms in total. The van der Waals surface area contributed by atoms with Gasteiger partial charge in [-0.2, -0.15) is 0 Å². The second-order valence-corrected chi connectivity index (χ2v) is 4.92. The molecule has 0 aromatic heterocycles. The summed E-state index contributed by atoms with van der Waals surface area (Å²) in [5, 5.41) is 0. The maximum Gasteiger partial charge on any atom is 0.305 e. The second kappa shape index (κ2) is 8.70. The molecule has 0 aliphatic carbocycles. The lowest BCUT2D eigenvalue weighted by Gasteiger charge is -2.12. The third-order valence-corrected chi connectivity index (χ3v) is 3.32. The van der Waals surface area contributed by atoms with E-state index < -0.39 is 0 Å². The number of hydrogen-bond acceptors (Lipinski definition) is 3. The Morgan fingerprint density at radius 1 is 1.26 bits per heavy atom. The summed E-state index contributed by atoms with van der Waals surface area (Å²) < 4.78 is 4.61. The molecule has 19 heavy (non-hydrogen) atoms. The molecule has 1 atom stereocenters. The molecule has 0 bridgehead atoms. The van der Waals surface area contributed by atoms with Gasteiger partial charge in [-0.15, -0.1) is 0 Å².